The second-order valence-corrected chi connectivity index (χ2v) is 5.76. The second kappa shape index (κ2) is 6.13. The first kappa shape index (κ1) is 13.9. The molecule has 0 N–H and O–H groups in total. The molecule has 2 heteroatoms. The van der Waals surface area contributed by atoms with Gasteiger partial charge in [-0.15, -0.1) is 0 Å². The van der Waals surface area contributed by atoms with E-state index >= 15 is 0 Å². The first-order valence-corrected chi connectivity index (χ1v) is 7.47. The zero-order valence-corrected chi connectivity index (χ0v) is 12.3. The Labute approximate surface area is 125 Å². The molecular formula is C19H20O2. The first-order valence-electron chi connectivity index (χ1n) is 7.47. The van der Waals surface area contributed by atoms with Crippen LogP contribution in [0.4, 0.5) is 0 Å². The molecule has 2 atom stereocenters. The number of ketones is 1. The first-order chi connectivity index (χ1) is 10.3. The molecule has 0 aromatic heterocycles. The number of hydrogen-bond acceptors (Lipinski definition) is 2. The molecule has 1 aliphatic rings. The summed E-state index contributed by atoms with van der Waals surface area (Å²) in [5.41, 5.74) is 2.52. The van der Waals surface area contributed by atoms with E-state index in [2.05, 4.69) is 36.4 Å². The SMILES string of the molecule is COc1ccc([C@@H]2CC(=O)C[C@H](c3ccccc3)C2)cc1. The molecule has 108 valence electrons. The van der Waals surface area contributed by atoms with Crippen LogP contribution in [0, 0.1) is 0 Å². The molecule has 0 radical (unpaired) electrons. The van der Waals surface area contributed by atoms with Gasteiger partial charge >= 0.3 is 0 Å². The van der Waals surface area contributed by atoms with Gasteiger partial charge in [0.25, 0.3) is 0 Å². The van der Waals surface area contributed by atoms with Crippen LogP contribution in [-0.4, -0.2) is 12.9 Å². The molecule has 0 heterocycles. The highest BCUT2D eigenvalue weighted by atomic mass is 16.5. The van der Waals surface area contributed by atoms with Crippen LogP contribution in [0.5, 0.6) is 5.75 Å². The van der Waals surface area contributed by atoms with Crippen molar-refractivity contribution in [3.63, 3.8) is 0 Å². The zero-order valence-electron chi connectivity index (χ0n) is 12.3. The number of carbonyl (C=O) groups is 1. The summed E-state index contributed by atoms with van der Waals surface area (Å²) in [5, 5.41) is 0. The topological polar surface area (TPSA) is 26.3 Å². The number of hydrogen-bond donors (Lipinski definition) is 0. The maximum atomic E-state index is 12.1. The third kappa shape index (κ3) is 3.15. The van der Waals surface area contributed by atoms with Crippen LogP contribution in [0.15, 0.2) is 54.6 Å². The summed E-state index contributed by atoms with van der Waals surface area (Å²) in [6.07, 6.45) is 2.38. The van der Waals surface area contributed by atoms with E-state index in [1.807, 2.05) is 18.2 Å². The van der Waals surface area contributed by atoms with Crippen molar-refractivity contribution < 1.29 is 9.53 Å². The van der Waals surface area contributed by atoms with Gasteiger partial charge in [-0.2, -0.15) is 0 Å². The lowest BCUT2D eigenvalue weighted by molar-refractivity contribution is -0.121. The lowest BCUT2D eigenvalue weighted by atomic mass is 9.75. The minimum atomic E-state index is 0.322. The van der Waals surface area contributed by atoms with Crippen molar-refractivity contribution in [2.24, 2.45) is 0 Å². The van der Waals surface area contributed by atoms with E-state index in [4.69, 9.17) is 4.74 Å². The smallest absolute Gasteiger partial charge is 0.134 e. The highest BCUT2D eigenvalue weighted by molar-refractivity contribution is 5.81. The van der Waals surface area contributed by atoms with Crippen LogP contribution >= 0.6 is 0 Å². The summed E-state index contributed by atoms with van der Waals surface area (Å²) in [5.74, 6) is 1.90. The Balaban J connectivity index is 1.81. The summed E-state index contributed by atoms with van der Waals surface area (Å²) in [7, 11) is 1.67. The number of ether oxygens (including phenoxy) is 1. The summed E-state index contributed by atoms with van der Waals surface area (Å²) in [6.45, 7) is 0. The molecule has 21 heavy (non-hydrogen) atoms. The molecule has 3 rings (SSSR count). The molecule has 0 aliphatic heterocycles. The van der Waals surface area contributed by atoms with Gasteiger partial charge in [0, 0.05) is 12.8 Å². The van der Waals surface area contributed by atoms with Crippen molar-refractivity contribution in [3.05, 3.63) is 65.7 Å². The molecule has 0 unspecified atom stereocenters. The summed E-state index contributed by atoms with van der Waals surface area (Å²) in [4.78, 5) is 12.1. The number of rotatable bonds is 3. The van der Waals surface area contributed by atoms with E-state index in [9.17, 15) is 4.79 Å². The van der Waals surface area contributed by atoms with E-state index in [-0.39, 0.29) is 0 Å². The Morgan fingerprint density at radius 1 is 0.857 bits per heavy atom. The molecule has 1 saturated carbocycles. The van der Waals surface area contributed by atoms with E-state index in [0.29, 0.717) is 30.5 Å². The average molecular weight is 280 g/mol. The lowest BCUT2D eigenvalue weighted by Gasteiger charge is -2.29. The Hall–Kier alpha value is -2.09. The van der Waals surface area contributed by atoms with Gasteiger partial charge in [0.2, 0.25) is 0 Å². The van der Waals surface area contributed by atoms with Gasteiger partial charge in [-0.1, -0.05) is 42.5 Å². The fourth-order valence-corrected chi connectivity index (χ4v) is 3.25. The highest BCUT2D eigenvalue weighted by Crippen LogP contribution is 2.39. The lowest BCUT2D eigenvalue weighted by Crippen LogP contribution is -2.20. The van der Waals surface area contributed by atoms with E-state index < -0.39 is 0 Å². The molecule has 2 aromatic carbocycles. The van der Waals surface area contributed by atoms with Crippen molar-refractivity contribution >= 4 is 5.78 Å². The molecule has 1 fully saturated rings. The third-order valence-electron chi connectivity index (χ3n) is 4.38. The maximum Gasteiger partial charge on any atom is 0.134 e. The normalized spacial score (nSPS) is 22.0. The van der Waals surface area contributed by atoms with Crippen LogP contribution in [0.1, 0.15) is 42.2 Å². The van der Waals surface area contributed by atoms with Crippen molar-refractivity contribution in [1.29, 1.82) is 0 Å². The molecule has 0 spiro atoms. The monoisotopic (exact) mass is 280 g/mol. The third-order valence-corrected chi connectivity index (χ3v) is 4.38. The van der Waals surface area contributed by atoms with Crippen molar-refractivity contribution in [2.45, 2.75) is 31.1 Å². The van der Waals surface area contributed by atoms with Crippen LogP contribution in [-0.2, 0) is 4.79 Å². The Kier molecular flexibility index (Phi) is 4.05. The Morgan fingerprint density at radius 3 is 2.00 bits per heavy atom. The van der Waals surface area contributed by atoms with Crippen LogP contribution in [0.2, 0.25) is 0 Å². The number of benzene rings is 2. The Bertz CT molecular complexity index is 601. The standard InChI is InChI=1S/C19H20O2/c1-21-19-9-7-15(8-10-19)17-11-16(12-18(20)13-17)14-5-3-2-4-6-14/h2-10,16-17H,11-13H2,1H3/t16-,17+/m1/s1. The molecular weight excluding hydrogens is 260 g/mol. The summed E-state index contributed by atoms with van der Waals surface area (Å²) >= 11 is 0. The van der Waals surface area contributed by atoms with Gasteiger partial charge in [0.15, 0.2) is 0 Å². The molecule has 0 saturated heterocycles. The van der Waals surface area contributed by atoms with Gasteiger partial charge in [0.05, 0.1) is 7.11 Å². The van der Waals surface area contributed by atoms with Gasteiger partial charge in [-0.25, -0.2) is 0 Å². The minimum Gasteiger partial charge on any atom is -0.497 e. The number of Topliss-reactive ketones (excluding diaryl/α,β-unsaturated/α-hetero) is 1. The van der Waals surface area contributed by atoms with E-state index in [1.165, 1.54) is 11.1 Å². The highest BCUT2D eigenvalue weighted by Gasteiger charge is 2.29. The quantitative estimate of drug-likeness (QED) is 0.837. The number of methoxy groups -OCH3 is 1. The van der Waals surface area contributed by atoms with Crippen LogP contribution in [0.25, 0.3) is 0 Å². The molecule has 2 aromatic rings. The van der Waals surface area contributed by atoms with Crippen molar-refractivity contribution in [3.8, 4) is 5.75 Å². The molecule has 0 amide bonds. The van der Waals surface area contributed by atoms with Gasteiger partial charge in [-0.3, -0.25) is 4.79 Å². The summed E-state index contributed by atoms with van der Waals surface area (Å²) in [6, 6.07) is 18.5. The maximum absolute atomic E-state index is 12.1. The van der Waals surface area contributed by atoms with Gasteiger partial charge in [0.1, 0.15) is 11.5 Å². The van der Waals surface area contributed by atoms with Crippen LogP contribution in [0.3, 0.4) is 0 Å². The molecule has 0 bridgehead atoms. The fraction of sp³-hybridized carbons (Fsp3) is 0.316. The summed E-state index contributed by atoms with van der Waals surface area (Å²) < 4.78 is 5.20. The zero-order chi connectivity index (χ0) is 14.7. The van der Waals surface area contributed by atoms with Crippen molar-refractivity contribution in [2.75, 3.05) is 7.11 Å². The molecule has 2 nitrogen and oxygen atoms in total. The second-order valence-electron chi connectivity index (χ2n) is 5.76. The minimum absolute atomic E-state index is 0.322. The van der Waals surface area contributed by atoms with Crippen molar-refractivity contribution in [1.82, 2.24) is 0 Å². The van der Waals surface area contributed by atoms with E-state index in [0.717, 1.165) is 12.2 Å². The fourth-order valence-electron chi connectivity index (χ4n) is 3.25. The van der Waals surface area contributed by atoms with Crippen LogP contribution < -0.4 is 4.74 Å². The van der Waals surface area contributed by atoms with E-state index in [1.54, 1.807) is 7.11 Å². The predicted octanol–water partition coefficient (Wildman–Crippen LogP) is 4.32. The largest absolute Gasteiger partial charge is 0.497 e. The van der Waals surface area contributed by atoms with Gasteiger partial charge < -0.3 is 4.74 Å². The Morgan fingerprint density at radius 2 is 1.43 bits per heavy atom. The molecule has 1 aliphatic carbocycles. The predicted molar refractivity (Wildman–Crippen MR) is 83.8 cm³/mol. The number of carbonyl (C=O) groups excluding carboxylic acids is 1. The van der Waals surface area contributed by atoms with Gasteiger partial charge in [-0.05, 0) is 41.5 Å². The average Bonchev–Trinajstić information content (AvgIpc) is 2.55.